The maximum absolute atomic E-state index is 14.5. The number of H-pyrrole nitrogens is 1. The van der Waals surface area contributed by atoms with E-state index in [9.17, 15) is 9.18 Å². The quantitative estimate of drug-likeness (QED) is 0.457. The number of anilines is 1. The zero-order chi connectivity index (χ0) is 20.4. The summed E-state index contributed by atoms with van der Waals surface area (Å²) in [5.74, 6) is -0.229. The molecule has 2 amide bonds. The highest BCUT2D eigenvalue weighted by Gasteiger charge is 2.17. The summed E-state index contributed by atoms with van der Waals surface area (Å²) in [6.07, 6.45) is 4.71. The van der Waals surface area contributed by atoms with Gasteiger partial charge in [-0.05, 0) is 42.8 Å². The van der Waals surface area contributed by atoms with Crippen LogP contribution in [0.3, 0.4) is 0 Å². The Labute approximate surface area is 170 Å². The van der Waals surface area contributed by atoms with E-state index in [1.54, 1.807) is 18.3 Å². The lowest BCUT2D eigenvalue weighted by Gasteiger charge is -2.08. The van der Waals surface area contributed by atoms with Gasteiger partial charge in [0, 0.05) is 36.3 Å². The summed E-state index contributed by atoms with van der Waals surface area (Å²) >= 11 is 6.08. The van der Waals surface area contributed by atoms with Gasteiger partial charge in [-0.2, -0.15) is 0 Å². The fourth-order valence-corrected chi connectivity index (χ4v) is 3.17. The molecule has 1 aromatic carbocycles. The third kappa shape index (κ3) is 3.88. The number of benzene rings is 1. The van der Waals surface area contributed by atoms with E-state index in [1.807, 2.05) is 13.0 Å². The second-order valence-electron chi connectivity index (χ2n) is 6.21. The molecule has 0 aliphatic rings. The van der Waals surface area contributed by atoms with E-state index in [4.69, 9.17) is 11.6 Å². The van der Waals surface area contributed by atoms with Crippen molar-refractivity contribution >= 4 is 34.6 Å². The molecule has 29 heavy (non-hydrogen) atoms. The number of aromatic amines is 1. The fraction of sp³-hybridized carbons (Fsp3) is 0.100. The maximum atomic E-state index is 14.5. The molecule has 4 rings (SSSR count). The molecule has 0 saturated heterocycles. The average molecular weight is 411 g/mol. The summed E-state index contributed by atoms with van der Waals surface area (Å²) in [4.78, 5) is 27.6. The second-order valence-corrected chi connectivity index (χ2v) is 6.65. The average Bonchev–Trinajstić information content (AvgIpc) is 3.10. The molecule has 3 aromatic heterocycles. The summed E-state index contributed by atoms with van der Waals surface area (Å²) in [7, 11) is 0. The lowest BCUT2D eigenvalue weighted by Crippen LogP contribution is -2.28. The predicted octanol–water partition coefficient (Wildman–Crippen LogP) is 4.62. The Morgan fingerprint density at radius 3 is 2.86 bits per heavy atom. The van der Waals surface area contributed by atoms with E-state index in [1.165, 1.54) is 24.5 Å². The Balaban J connectivity index is 1.91. The lowest BCUT2D eigenvalue weighted by atomic mass is 10.0. The van der Waals surface area contributed by atoms with Gasteiger partial charge in [0.25, 0.3) is 0 Å². The van der Waals surface area contributed by atoms with Crippen molar-refractivity contribution in [1.29, 1.82) is 0 Å². The Morgan fingerprint density at radius 1 is 1.24 bits per heavy atom. The van der Waals surface area contributed by atoms with Crippen LogP contribution in [0.25, 0.3) is 33.4 Å². The third-order valence-electron chi connectivity index (χ3n) is 4.21. The second kappa shape index (κ2) is 7.84. The van der Waals surface area contributed by atoms with Gasteiger partial charge in [0.2, 0.25) is 5.95 Å². The number of fused-ring (bicyclic) bond motifs is 1. The number of carbonyl (C=O) groups is 1. The van der Waals surface area contributed by atoms with Gasteiger partial charge in [-0.3, -0.25) is 15.3 Å². The van der Waals surface area contributed by atoms with Crippen LogP contribution in [0.15, 0.2) is 48.9 Å². The molecule has 0 spiro atoms. The smallest absolute Gasteiger partial charge is 0.321 e. The van der Waals surface area contributed by atoms with Crippen molar-refractivity contribution in [3.05, 3.63) is 59.8 Å². The first-order valence-electron chi connectivity index (χ1n) is 8.85. The predicted molar refractivity (Wildman–Crippen MR) is 110 cm³/mol. The van der Waals surface area contributed by atoms with Crippen molar-refractivity contribution < 1.29 is 9.18 Å². The van der Waals surface area contributed by atoms with Crippen molar-refractivity contribution in [2.45, 2.75) is 6.92 Å². The molecule has 0 unspecified atom stereocenters. The molecule has 7 nitrogen and oxygen atoms in total. The molecule has 0 atom stereocenters. The lowest BCUT2D eigenvalue weighted by molar-refractivity contribution is 0.252. The van der Waals surface area contributed by atoms with E-state index in [0.717, 1.165) is 11.1 Å². The van der Waals surface area contributed by atoms with Gasteiger partial charge >= 0.3 is 6.03 Å². The van der Waals surface area contributed by atoms with Crippen molar-refractivity contribution in [2.75, 3.05) is 11.9 Å². The number of imidazole rings is 1. The highest BCUT2D eigenvalue weighted by molar-refractivity contribution is 6.30. The molecular weight excluding hydrogens is 395 g/mol. The van der Waals surface area contributed by atoms with Gasteiger partial charge in [0.05, 0.1) is 16.1 Å². The molecule has 0 radical (unpaired) electrons. The number of hydrogen-bond acceptors (Lipinski definition) is 4. The number of amides is 2. The molecular formula is C20H16ClFN6O. The van der Waals surface area contributed by atoms with Gasteiger partial charge in [0.15, 0.2) is 0 Å². The molecule has 0 aliphatic heterocycles. The number of carbonyl (C=O) groups excluding carboxylic acids is 1. The van der Waals surface area contributed by atoms with Gasteiger partial charge in [0.1, 0.15) is 11.5 Å². The van der Waals surface area contributed by atoms with Crippen LogP contribution in [-0.2, 0) is 0 Å². The maximum Gasteiger partial charge on any atom is 0.321 e. The first-order chi connectivity index (χ1) is 14.0. The van der Waals surface area contributed by atoms with Crippen LogP contribution in [0, 0.1) is 5.82 Å². The minimum Gasteiger partial charge on any atom is -0.338 e. The highest BCUT2D eigenvalue weighted by Crippen LogP contribution is 2.34. The number of pyridine rings is 2. The number of rotatable bonds is 4. The Bertz CT molecular complexity index is 1210. The number of nitrogens with one attached hydrogen (secondary N) is 3. The van der Waals surface area contributed by atoms with Crippen LogP contribution in [0.5, 0.6) is 0 Å². The molecule has 3 N–H and O–H groups in total. The van der Waals surface area contributed by atoms with Gasteiger partial charge in [-0.25, -0.2) is 14.2 Å². The first kappa shape index (κ1) is 18.8. The molecule has 0 aliphatic carbocycles. The molecule has 146 valence electrons. The van der Waals surface area contributed by atoms with Crippen LogP contribution < -0.4 is 10.6 Å². The van der Waals surface area contributed by atoms with Crippen LogP contribution in [0.4, 0.5) is 15.1 Å². The van der Waals surface area contributed by atoms with Crippen LogP contribution >= 0.6 is 11.6 Å². The van der Waals surface area contributed by atoms with E-state index < -0.39 is 11.8 Å². The van der Waals surface area contributed by atoms with Crippen LogP contribution in [-0.4, -0.2) is 32.5 Å². The molecule has 0 bridgehead atoms. The summed E-state index contributed by atoms with van der Waals surface area (Å²) in [5, 5.41) is 5.74. The SMILES string of the molecule is CCNC(=O)Nc1nc2cc(-c3cncc(Cl)c3)cc(-c3ncccc3F)c2[nH]1. The van der Waals surface area contributed by atoms with Gasteiger partial charge in [-0.1, -0.05) is 11.6 Å². The van der Waals surface area contributed by atoms with E-state index >= 15 is 0 Å². The number of aromatic nitrogens is 4. The normalized spacial score (nSPS) is 10.9. The monoisotopic (exact) mass is 410 g/mol. The summed E-state index contributed by atoms with van der Waals surface area (Å²) < 4.78 is 14.5. The number of hydrogen-bond donors (Lipinski definition) is 3. The van der Waals surface area contributed by atoms with Gasteiger partial charge < -0.3 is 10.3 Å². The van der Waals surface area contributed by atoms with Crippen LogP contribution in [0.1, 0.15) is 6.92 Å². The zero-order valence-corrected chi connectivity index (χ0v) is 16.1. The Kier molecular flexibility index (Phi) is 5.09. The standard InChI is InChI=1S/C20H16ClFN6O/c1-2-24-20(29)28-19-26-16-8-11(12-6-13(21)10-23-9-12)7-14(18(16)27-19)17-15(22)4-3-5-25-17/h3-10H,2H2,1H3,(H3,24,26,27,28,29). The van der Waals surface area contributed by atoms with Crippen LogP contribution in [0.2, 0.25) is 5.02 Å². The molecule has 4 aromatic rings. The van der Waals surface area contributed by atoms with Crippen molar-refractivity contribution in [2.24, 2.45) is 0 Å². The molecule has 3 heterocycles. The van der Waals surface area contributed by atoms with Crippen molar-refractivity contribution in [3.63, 3.8) is 0 Å². The van der Waals surface area contributed by atoms with E-state index in [2.05, 4.69) is 30.6 Å². The summed E-state index contributed by atoms with van der Waals surface area (Å²) in [6.45, 7) is 2.29. The molecule has 9 heteroatoms. The summed E-state index contributed by atoms with van der Waals surface area (Å²) in [6, 6.07) is 7.83. The number of nitrogens with zero attached hydrogens (tertiary/aromatic N) is 3. The first-order valence-corrected chi connectivity index (χ1v) is 9.23. The summed E-state index contributed by atoms with van der Waals surface area (Å²) in [5.41, 5.74) is 3.25. The van der Waals surface area contributed by atoms with Gasteiger partial charge in [-0.15, -0.1) is 0 Å². The topological polar surface area (TPSA) is 95.6 Å². The van der Waals surface area contributed by atoms with Crippen molar-refractivity contribution in [3.8, 4) is 22.4 Å². The minimum atomic E-state index is -0.469. The number of halogens is 2. The van der Waals surface area contributed by atoms with Crippen molar-refractivity contribution in [1.82, 2.24) is 25.3 Å². The highest BCUT2D eigenvalue weighted by atomic mass is 35.5. The fourth-order valence-electron chi connectivity index (χ4n) is 2.99. The molecule has 0 fully saturated rings. The third-order valence-corrected chi connectivity index (χ3v) is 4.42. The zero-order valence-electron chi connectivity index (χ0n) is 15.3. The Morgan fingerprint density at radius 2 is 2.10 bits per heavy atom. The van der Waals surface area contributed by atoms with E-state index in [0.29, 0.717) is 28.2 Å². The molecule has 0 saturated carbocycles. The largest absolute Gasteiger partial charge is 0.338 e. The minimum absolute atomic E-state index is 0.169. The number of urea groups is 1. The Hall–Kier alpha value is -3.52. The van der Waals surface area contributed by atoms with E-state index in [-0.39, 0.29) is 11.6 Å².